The molecule has 4 heterocycles. The summed E-state index contributed by atoms with van der Waals surface area (Å²) >= 11 is 1.61. The summed E-state index contributed by atoms with van der Waals surface area (Å²) in [5.41, 5.74) is 4.02. The monoisotopic (exact) mass is 376 g/mol. The molecule has 0 unspecified atom stereocenters. The van der Waals surface area contributed by atoms with Crippen LogP contribution in [0.15, 0.2) is 30.5 Å². The number of aromatic nitrogens is 2. The van der Waals surface area contributed by atoms with Gasteiger partial charge in [-0.3, -0.25) is 4.98 Å². The highest BCUT2D eigenvalue weighted by molar-refractivity contribution is 7.15. The fourth-order valence-electron chi connectivity index (χ4n) is 3.42. The van der Waals surface area contributed by atoms with Crippen LogP contribution < -0.4 is 14.8 Å². The second-order valence-corrected chi connectivity index (χ2v) is 7.45. The van der Waals surface area contributed by atoms with Crippen LogP contribution in [0.1, 0.15) is 16.1 Å². The molecule has 0 radical (unpaired) electrons. The van der Waals surface area contributed by atoms with Crippen molar-refractivity contribution in [3.63, 3.8) is 0 Å². The van der Waals surface area contributed by atoms with Crippen molar-refractivity contribution >= 4 is 11.3 Å². The van der Waals surface area contributed by atoms with E-state index in [9.17, 15) is 5.26 Å². The van der Waals surface area contributed by atoms with Crippen molar-refractivity contribution in [2.75, 3.05) is 19.8 Å². The van der Waals surface area contributed by atoms with Gasteiger partial charge in [0, 0.05) is 36.1 Å². The maximum absolute atomic E-state index is 9.88. The number of hydrogen-bond donors (Lipinski definition) is 1. The zero-order valence-corrected chi connectivity index (χ0v) is 15.3. The van der Waals surface area contributed by atoms with E-state index < -0.39 is 0 Å². The minimum atomic E-state index is 0.530. The van der Waals surface area contributed by atoms with E-state index >= 15 is 0 Å². The number of nitrogens with one attached hydrogen (secondary N) is 1. The lowest BCUT2D eigenvalue weighted by atomic mass is 9.99. The van der Waals surface area contributed by atoms with Crippen LogP contribution in [0.4, 0.5) is 0 Å². The normalized spacial score (nSPS) is 15.1. The first-order valence-corrected chi connectivity index (χ1v) is 9.64. The Morgan fingerprint density at radius 2 is 2.04 bits per heavy atom. The fourth-order valence-corrected chi connectivity index (χ4v) is 4.50. The lowest BCUT2D eigenvalue weighted by Gasteiger charge is -2.19. The number of fused-ring (bicyclic) bond motifs is 2. The predicted octanol–water partition coefficient (Wildman–Crippen LogP) is 3.16. The number of ether oxygens (including phenoxy) is 2. The summed E-state index contributed by atoms with van der Waals surface area (Å²) in [7, 11) is 0. The summed E-state index contributed by atoms with van der Waals surface area (Å²) in [4.78, 5) is 10.5. The fraction of sp³-hybridized carbons (Fsp3) is 0.250. The van der Waals surface area contributed by atoms with Gasteiger partial charge in [-0.1, -0.05) is 6.07 Å². The van der Waals surface area contributed by atoms with Crippen molar-refractivity contribution in [2.45, 2.75) is 13.0 Å². The summed E-state index contributed by atoms with van der Waals surface area (Å²) in [6, 6.07) is 9.96. The molecule has 3 aromatic rings. The van der Waals surface area contributed by atoms with E-state index in [1.165, 1.54) is 4.88 Å². The molecular weight excluding hydrogens is 360 g/mol. The summed E-state index contributed by atoms with van der Waals surface area (Å²) in [6.45, 7) is 2.85. The van der Waals surface area contributed by atoms with E-state index in [4.69, 9.17) is 14.5 Å². The van der Waals surface area contributed by atoms with Crippen LogP contribution in [-0.4, -0.2) is 29.7 Å². The average Bonchev–Trinajstić information content (AvgIpc) is 3.17. The zero-order valence-electron chi connectivity index (χ0n) is 14.5. The predicted molar refractivity (Wildman–Crippen MR) is 102 cm³/mol. The summed E-state index contributed by atoms with van der Waals surface area (Å²) in [6.07, 6.45) is 2.65. The molecule has 5 rings (SSSR count). The Hall–Kier alpha value is -2.95. The Labute approximate surface area is 160 Å². The smallest absolute Gasteiger partial charge is 0.161 e. The van der Waals surface area contributed by atoms with Gasteiger partial charge in [-0.25, -0.2) is 4.98 Å². The third-order valence-electron chi connectivity index (χ3n) is 4.72. The third-order valence-corrected chi connectivity index (χ3v) is 5.83. The Balaban J connectivity index is 1.62. The molecule has 2 aliphatic heterocycles. The first kappa shape index (κ1) is 16.2. The molecule has 0 saturated heterocycles. The van der Waals surface area contributed by atoms with Crippen molar-refractivity contribution in [2.24, 2.45) is 0 Å². The van der Waals surface area contributed by atoms with Crippen molar-refractivity contribution in [3.05, 3.63) is 46.6 Å². The highest BCUT2D eigenvalue weighted by atomic mass is 32.1. The topological polar surface area (TPSA) is 80.1 Å². The number of pyridine rings is 1. The molecule has 1 aromatic carbocycles. The second kappa shape index (κ2) is 6.65. The summed E-state index contributed by atoms with van der Waals surface area (Å²) in [5, 5.41) is 14.0. The molecule has 134 valence electrons. The molecule has 0 amide bonds. The van der Waals surface area contributed by atoms with Gasteiger partial charge >= 0.3 is 0 Å². The third kappa shape index (κ3) is 2.83. The molecule has 2 aliphatic rings. The van der Waals surface area contributed by atoms with E-state index in [0.29, 0.717) is 30.2 Å². The highest BCUT2D eigenvalue weighted by Crippen LogP contribution is 2.38. The minimum Gasteiger partial charge on any atom is -0.486 e. The maximum atomic E-state index is 9.88. The molecule has 27 heavy (non-hydrogen) atoms. The highest BCUT2D eigenvalue weighted by Gasteiger charge is 2.21. The van der Waals surface area contributed by atoms with Crippen LogP contribution in [0.3, 0.4) is 0 Å². The van der Waals surface area contributed by atoms with E-state index in [1.807, 2.05) is 24.3 Å². The van der Waals surface area contributed by atoms with E-state index in [1.54, 1.807) is 17.5 Å². The Morgan fingerprint density at radius 3 is 2.89 bits per heavy atom. The molecule has 0 fully saturated rings. The Morgan fingerprint density at radius 1 is 1.15 bits per heavy atom. The zero-order chi connectivity index (χ0) is 18.2. The number of nitriles is 1. The number of nitrogens with zero attached hydrogens (tertiary/aromatic N) is 3. The lowest BCUT2D eigenvalue weighted by molar-refractivity contribution is 0.171. The van der Waals surface area contributed by atoms with E-state index in [-0.39, 0.29) is 0 Å². The molecule has 7 heteroatoms. The van der Waals surface area contributed by atoms with Crippen molar-refractivity contribution in [3.8, 4) is 39.4 Å². The molecule has 2 aromatic heterocycles. The Kier molecular flexibility index (Phi) is 4.00. The number of hydrogen-bond acceptors (Lipinski definition) is 7. The van der Waals surface area contributed by atoms with E-state index in [0.717, 1.165) is 47.1 Å². The van der Waals surface area contributed by atoms with Crippen molar-refractivity contribution in [1.82, 2.24) is 15.3 Å². The molecule has 0 atom stereocenters. The van der Waals surface area contributed by atoms with Gasteiger partial charge in [-0.2, -0.15) is 5.26 Å². The minimum absolute atomic E-state index is 0.530. The van der Waals surface area contributed by atoms with Gasteiger partial charge in [0.2, 0.25) is 0 Å². The van der Waals surface area contributed by atoms with Crippen LogP contribution in [0.25, 0.3) is 21.8 Å². The van der Waals surface area contributed by atoms with Crippen LogP contribution in [0, 0.1) is 11.3 Å². The number of benzene rings is 1. The van der Waals surface area contributed by atoms with Crippen molar-refractivity contribution in [1.29, 1.82) is 5.26 Å². The summed E-state index contributed by atoms with van der Waals surface area (Å²) < 4.78 is 11.3. The quantitative estimate of drug-likeness (QED) is 0.740. The van der Waals surface area contributed by atoms with Crippen LogP contribution in [0.2, 0.25) is 0 Å². The van der Waals surface area contributed by atoms with Gasteiger partial charge in [0.15, 0.2) is 11.5 Å². The standard InChI is InChI=1S/C20H16N4O2S/c21-10-14-13(12-1-2-16-17(9-12)26-8-7-25-16)3-6-23-19(14)20-24-15-4-5-22-11-18(15)27-20/h1-3,6,9,22H,4-5,7-8,11H2. The van der Waals surface area contributed by atoms with Crippen LogP contribution in [-0.2, 0) is 13.0 Å². The van der Waals surface area contributed by atoms with Gasteiger partial charge < -0.3 is 14.8 Å². The largest absolute Gasteiger partial charge is 0.486 e. The SMILES string of the molecule is N#Cc1c(-c2ccc3c(c2)OCCO3)ccnc1-c1nc2c(s1)CNCC2. The molecular formula is C20H16N4O2S. The lowest BCUT2D eigenvalue weighted by Crippen LogP contribution is -2.22. The van der Waals surface area contributed by atoms with E-state index in [2.05, 4.69) is 16.4 Å². The molecule has 1 N–H and O–H groups in total. The maximum Gasteiger partial charge on any atom is 0.161 e. The molecule has 0 spiro atoms. The Bertz CT molecular complexity index is 1050. The number of rotatable bonds is 2. The second-order valence-electron chi connectivity index (χ2n) is 6.37. The molecule has 6 nitrogen and oxygen atoms in total. The first-order valence-electron chi connectivity index (χ1n) is 8.82. The van der Waals surface area contributed by atoms with Gasteiger partial charge in [-0.05, 0) is 23.8 Å². The summed E-state index contributed by atoms with van der Waals surface area (Å²) in [5.74, 6) is 1.44. The molecule has 0 saturated carbocycles. The van der Waals surface area contributed by atoms with Gasteiger partial charge in [-0.15, -0.1) is 11.3 Å². The van der Waals surface area contributed by atoms with Gasteiger partial charge in [0.05, 0.1) is 11.3 Å². The molecule has 0 aliphatic carbocycles. The van der Waals surface area contributed by atoms with Crippen molar-refractivity contribution < 1.29 is 9.47 Å². The first-order chi connectivity index (χ1) is 13.3. The van der Waals surface area contributed by atoms with Gasteiger partial charge in [0.1, 0.15) is 30.0 Å². The average molecular weight is 376 g/mol. The molecule has 0 bridgehead atoms. The van der Waals surface area contributed by atoms with Gasteiger partial charge in [0.25, 0.3) is 0 Å². The number of thiazole rings is 1. The van der Waals surface area contributed by atoms with Crippen LogP contribution >= 0.6 is 11.3 Å². The van der Waals surface area contributed by atoms with Crippen LogP contribution in [0.5, 0.6) is 11.5 Å².